The summed E-state index contributed by atoms with van der Waals surface area (Å²) in [4.78, 5) is 18.2. The summed E-state index contributed by atoms with van der Waals surface area (Å²) in [6, 6.07) is 9.17. The molecule has 1 aliphatic rings. The van der Waals surface area contributed by atoms with E-state index in [1.165, 1.54) is 12.3 Å². The van der Waals surface area contributed by atoms with Crippen LogP contribution in [0, 0.1) is 0 Å². The van der Waals surface area contributed by atoms with Crippen LogP contribution in [0.25, 0.3) is 0 Å². The summed E-state index contributed by atoms with van der Waals surface area (Å²) in [7, 11) is 0. The summed E-state index contributed by atoms with van der Waals surface area (Å²) >= 11 is 11.9. The number of nitrogens with zero attached hydrogens (tertiary/aromatic N) is 2. The maximum absolute atomic E-state index is 12.6. The van der Waals surface area contributed by atoms with Crippen LogP contribution >= 0.6 is 23.2 Å². The third kappa shape index (κ3) is 2.96. The van der Waals surface area contributed by atoms with Crippen LogP contribution < -0.4 is 4.74 Å². The van der Waals surface area contributed by atoms with Crippen molar-refractivity contribution in [3.05, 3.63) is 57.8 Å². The fraction of sp³-hybridized carbons (Fsp3) is 0.200. The molecule has 2 aromatic rings. The summed E-state index contributed by atoms with van der Waals surface area (Å²) in [5, 5.41) is 0.539. The van der Waals surface area contributed by atoms with E-state index in [9.17, 15) is 4.79 Å². The van der Waals surface area contributed by atoms with E-state index in [4.69, 9.17) is 27.9 Å². The molecule has 0 atom stereocenters. The molecule has 2 heterocycles. The minimum Gasteiger partial charge on any atom is -0.491 e. The van der Waals surface area contributed by atoms with Crippen molar-refractivity contribution in [1.82, 2.24) is 9.88 Å². The van der Waals surface area contributed by atoms with Gasteiger partial charge in [0.1, 0.15) is 17.5 Å². The Labute approximate surface area is 132 Å². The van der Waals surface area contributed by atoms with E-state index >= 15 is 0 Å². The van der Waals surface area contributed by atoms with E-state index in [1.54, 1.807) is 4.90 Å². The average Bonchev–Trinajstić information content (AvgIpc) is 2.71. The molecule has 108 valence electrons. The van der Waals surface area contributed by atoms with Crippen LogP contribution in [0.15, 0.2) is 36.5 Å². The zero-order valence-corrected chi connectivity index (χ0v) is 12.6. The number of pyridine rings is 1. The van der Waals surface area contributed by atoms with Gasteiger partial charge >= 0.3 is 0 Å². The predicted octanol–water partition coefficient (Wildman–Crippen LogP) is 3.42. The van der Waals surface area contributed by atoms with Gasteiger partial charge in [0, 0.05) is 18.3 Å². The number of carbonyl (C=O) groups excluding carboxylic acids is 1. The highest BCUT2D eigenvalue weighted by atomic mass is 35.5. The number of rotatable bonds is 1. The standard InChI is InChI=1S/C15H12Cl2N2O2/c16-12-8-18-14(17)7-11(12)15(20)19-5-6-21-13-4-2-1-3-10(13)9-19/h1-4,7-8H,5-6,9H2. The second-order valence-corrected chi connectivity index (χ2v) is 5.46. The normalized spacial score (nSPS) is 14.1. The molecule has 0 saturated carbocycles. The first-order valence-electron chi connectivity index (χ1n) is 6.46. The summed E-state index contributed by atoms with van der Waals surface area (Å²) in [6.07, 6.45) is 1.39. The number of hydrogen-bond acceptors (Lipinski definition) is 3. The Morgan fingerprint density at radius 2 is 2.10 bits per heavy atom. The van der Waals surface area contributed by atoms with Crippen molar-refractivity contribution in [1.29, 1.82) is 0 Å². The molecule has 1 aromatic carbocycles. The van der Waals surface area contributed by atoms with Gasteiger partial charge < -0.3 is 9.64 Å². The largest absolute Gasteiger partial charge is 0.491 e. The monoisotopic (exact) mass is 322 g/mol. The van der Waals surface area contributed by atoms with Gasteiger partial charge in [-0.05, 0) is 12.1 Å². The zero-order chi connectivity index (χ0) is 14.8. The molecular weight excluding hydrogens is 311 g/mol. The molecule has 1 aromatic heterocycles. The number of carbonyl (C=O) groups is 1. The summed E-state index contributed by atoms with van der Waals surface area (Å²) in [6.45, 7) is 1.41. The Morgan fingerprint density at radius 1 is 1.29 bits per heavy atom. The van der Waals surface area contributed by atoms with E-state index in [0.29, 0.717) is 30.3 Å². The molecule has 0 fully saturated rings. The highest BCUT2D eigenvalue weighted by Gasteiger charge is 2.22. The summed E-state index contributed by atoms with van der Waals surface area (Å²) < 4.78 is 5.65. The van der Waals surface area contributed by atoms with Crippen LogP contribution in [0.5, 0.6) is 5.75 Å². The van der Waals surface area contributed by atoms with E-state index in [1.807, 2.05) is 24.3 Å². The van der Waals surface area contributed by atoms with Crippen molar-refractivity contribution in [3.63, 3.8) is 0 Å². The van der Waals surface area contributed by atoms with Gasteiger partial charge in [0.25, 0.3) is 5.91 Å². The van der Waals surface area contributed by atoms with Crippen LogP contribution in [0.4, 0.5) is 0 Å². The third-order valence-electron chi connectivity index (χ3n) is 3.29. The lowest BCUT2D eigenvalue weighted by Gasteiger charge is -2.20. The first-order valence-corrected chi connectivity index (χ1v) is 7.22. The molecule has 1 aliphatic heterocycles. The number of hydrogen-bond donors (Lipinski definition) is 0. The number of aromatic nitrogens is 1. The van der Waals surface area contributed by atoms with E-state index in [-0.39, 0.29) is 11.1 Å². The first kappa shape index (κ1) is 14.2. The molecule has 1 amide bonds. The molecule has 0 spiro atoms. The van der Waals surface area contributed by atoms with Crippen molar-refractivity contribution in [2.75, 3.05) is 13.2 Å². The maximum atomic E-state index is 12.6. The van der Waals surface area contributed by atoms with Gasteiger partial charge in [-0.1, -0.05) is 41.4 Å². The van der Waals surface area contributed by atoms with Crippen LogP contribution in [0.2, 0.25) is 10.2 Å². The molecule has 4 nitrogen and oxygen atoms in total. The van der Waals surface area contributed by atoms with Gasteiger partial charge in [-0.15, -0.1) is 0 Å². The lowest BCUT2D eigenvalue weighted by Crippen LogP contribution is -2.32. The summed E-state index contributed by atoms with van der Waals surface area (Å²) in [5.74, 6) is 0.635. The fourth-order valence-corrected chi connectivity index (χ4v) is 2.59. The number of amides is 1. The number of benzene rings is 1. The van der Waals surface area contributed by atoms with Crippen molar-refractivity contribution in [2.45, 2.75) is 6.54 Å². The molecule has 0 saturated heterocycles. The number of fused-ring (bicyclic) bond motifs is 1. The molecule has 0 aliphatic carbocycles. The second-order valence-electron chi connectivity index (χ2n) is 4.67. The third-order valence-corrected chi connectivity index (χ3v) is 3.80. The molecule has 0 radical (unpaired) electrons. The smallest absolute Gasteiger partial charge is 0.255 e. The SMILES string of the molecule is O=C(c1cc(Cl)ncc1Cl)N1CCOc2ccccc2C1. The molecule has 6 heteroatoms. The highest BCUT2D eigenvalue weighted by Crippen LogP contribution is 2.25. The lowest BCUT2D eigenvalue weighted by molar-refractivity contribution is 0.0733. The van der Waals surface area contributed by atoms with Crippen molar-refractivity contribution in [2.24, 2.45) is 0 Å². The first-order chi connectivity index (χ1) is 10.1. The predicted molar refractivity (Wildman–Crippen MR) is 80.9 cm³/mol. The molecule has 0 bridgehead atoms. The Morgan fingerprint density at radius 3 is 2.95 bits per heavy atom. The van der Waals surface area contributed by atoms with Crippen LogP contribution in [-0.4, -0.2) is 28.9 Å². The van der Waals surface area contributed by atoms with E-state index in [0.717, 1.165) is 11.3 Å². The fourth-order valence-electron chi connectivity index (χ4n) is 2.25. The Bertz CT molecular complexity index is 691. The van der Waals surface area contributed by atoms with Crippen LogP contribution in [-0.2, 0) is 6.54 Å². The van der Waals surface area contributed by atoms with E-state index < -0.39 is 0 Å². The Balaban J connectivity index is 1.90. The Kier molecular flexibility index (Phi) is 3.99. The second kappa shape index (κ2) is 5.92. The highest BCUT2D eigenvalue weighted by molar-refractivity contribution is 6.35. The topological polar surface area (TPSA) is 42.4 Å². The number of ether oxygens (including phenoxy) is 1. The van der Waals surface area contributed by atoms with Gasteiger partial charge in [0.05, 0.1) is 17.1 Å². The summed E-state index contributed by atoms with van der Waals surface area (Å²) in [5.41, 5.74) is 1.33. The van der Waals surface area contributed by atoms with Gasteiger partial charge in [0.2, 0.25) is 0 Å². The number of para-hydroxylation sites is 1. The minimum atomic E-state index is -0.176. The van der Waals surface area contributed by atoms with Gasteiger partial charge in [-0.3, -0.25) is 4.79 Å². The zero-order valence-electron chi connectivity index (χ0n) is 11.1. The molecule has 0 unspecified atom stereocenters. The van der Waals surface area contributed by atoms with Gasteiger partial charge in [-0.2, -0.15) is 0 Å². The lowest BCUT2D eigenvalue weighted by atomic mass is 10.1. The maximum Gasteiger partial charge on any atom is 0.255 e. The van der Waals surface area contributed by atoms with Crippen molar-refractivity contribution >= 4 is 29.1 Å². The molecule has 0 N–H and O–H groups in total. The van der Waals surface area contributed by atoms with Gasteiger partial charge in [-0.25, -0.2) is 4.98 Å². The molecule has 3 rings (SSSR count). The van der Waals surface area contributed by atoms with Crippen LogP contribution in [0.3, 0.4) is 0 Å². The average molecular weight is 323 g/mol. The molecular formula is C15H12Cl2N2O2. The van der Waals surface area contributed by atoms with Crippen molar-refractivity contribution < 1.29 is 9.53 Å². The Hall–Kier alpha value is -1.78. The molecule has 21 heavy (non-hydrogen) atoms. The van der Waals surface area contributed by atoms with Crippen LogP contribution in [0.1, 0.15) is 15.9 Å². The quantitative estimate of drug-likeness (QED) is 0.755. The van der Waals surface area contributed by atoms with Gasteiger partial charge in [0.15, 0.2) is 0 Å². The van der Waals surface area contributed by atoms with E-state index in [2.05, 4.69) is 4.98 Å². The minimum absolute atomic E-state index is 0.176. The van der Waals surface area contributed by atoms with Crippen molar-refractivity contribution in [3.8, 4) is 5.75 Å². The number of halogens is 2.